The molecule has 0 radical (unpaired) electrons. The fourth-order valence-corrected chi connectivity index (χ4v) is 3.20. The molecule has 0 aromatic carbocycles. The maximum atomic E-state index is 12.7. The van der Waals surface area contributed by atoms with E-state index in [1.807, 2.05) is 11.8 Å². The number of amides is 3. The average molecular weight is 310 g/mol. The maximum absolute atomic E-state index is 12.7. The molecule has 7 nitrogen and oxygen atoms in total. The fourth-order valence-electron chi connectivity index (χ4n) is 3.20. The van der Waals surface area contributed by atoms with E-state index in [1.54, 1.807) is 4.90 Å². The standard InChI is InChI=1S/C15H26N4O3/c1-2-12(19-6-3-4-14(19)21)15(22)18-10-8-17(9-11-18)7-5-13(16)20/h12H,2-11H2,1H3,(H2,16,20). The molecule has 2 N–H and O–H groups in total. The number of nitrogens with zero attached hydrogens (tertiary/aromatic N) is 3. The molecule has 0 aromatic rings. The Labute approximate surface area is 131 Å². The minimum atomic E-state index is -0.313. The van der Waals surface area contributed by atoms with Gasteiger partial charge in [-0.1, -0.05) is 6.92 Å². The molecule has 2 heterocycles. The van der Waals surface area contributed by atoms with Crippen molar-refractivity contribution in [3.05, 3.63) is 0 Å². The number of hydrogen-bond acceptors (Lipinski definition) is 4. The fraction of sp³-hybridized carbons (Fsp3) is 0.800. The van der Waals surface area contributed by atoms with Gasteiger partial charge in [-0.25, -0.2) is 0 Å². The van der Waals surface area contributed by atoms with Gasteiger partial charge in [-0.3, -0.25) is 19.3 Å². The van der Waals surface area contributed by atoms with Crippen LogP contribution in [0.4, 0.5) is 0 Å². The van der Waals surface area contributed by atoms with E-state index in [-0.39, 0.29) is 23.8 Å². The second-order valence-corrected chi connectivity index (χ2v) is 6.00. The van der Waals surface area contributed by atoms with Gasteiger partial charge in [-0.2, -0.15) is 0 Å². The monoisotopic (exact) mass is 310 g/mol. The van der Waals surface area contributed by atoms with Crippen LogP contribution in [0, 0.1) is 0 Å². The first-order valence-corrected chi connectivity index (χ1v) is 8.11. The molecule has 7 heteroatoms. The molecule has 0 bridgehead atoms. The molecule has 2 rings (SSSR count). The van der Waals surface area contributed by atoms with Crippen LogP contribution in [0.1, 0.15) is 32.6 Å². The molecule has 0 aliphatic carbocycles. The predicted molar refractivity (Wildman–Crippen MR) is 81.9 cm³/mol. The highest BCUT2D eigenvalue weighted by atomic mass is 16.2. The molecule has 0 aromatic heterocycles. The zero-order chi connectivity index (χ0) is 16.1. The Morgan fingerprint density at radius 3 is 2.36 bits per heavy atom. The van der Waals surface area contributed by atoms with Crippen LogP contribution in [-0.2, 0) is 14.4 Å². The summed E-state index contributed by atoms with van der Waals surface area (Å²) >= 11 is 0. The van der Waals surface area contributed by atoms with E-state index in [2.05, 4.69) is 4.90 Å². The van der Waals surface area contributed by atoms with Crippen molar-refractivity contribution in [1.29, 1.82) is 0 Å². The van der Waals surface area contributed by atoms with Crippen LogP contribution >= 0.6 is 0 Å². The number of hydrogen-bond donors (Lipinski definition) is 1. The molecular formula is C15H26N4O3. The highest BCUT2D eigenvalue weighted by Crippen LogP contribution is 2.18. The molecule has 124 valence electrons. The lowest BCUT2D eigenvalue weighted by Crippen LogP contribution is -2.55. The third-order valence-corrected chi connectivity index (χ3v) is 4.52. The lowest BCUT2D eigenvalue weighted by atomic mass is 10.1. The molecule has 0 saturated carbocycles. The number of primary amides is 1. The lowest BCUT2D eigenvalue weighted by molar-refractivity contribution is -0.145. The molecular weight excluding hydrogens is 284 g/mol. The molecule has 0 spiro atoms. The van der Waals surface area contributed by atoms with Gasteiger partial charge in [-0.15, -0.1) is 0 Å². The van der Waals surface area contributed by atoms with Gasteiger partial charge >= 0.3 is 0 Å². The topological polar surface area (TPSA) is 87.0 Å². The summed E-state index contributed by atoms with van der Waals surface area (Å²) in [5, 5.41) is 0. The normalized spacial score (nSPS) is 21.2. The summed E-state index contributed by atoms with van der Waals surface area (Å²) in [5.74, 6) is -0.135. The van der Waals surface area contributed by atoms with E-state index in [4.69, 9.17) is 5.73 Å². The van der Waals surface area contributed by atoms with E-state index in [0.717, 1.165) is 19.5 Å². The van der Waals surface area contributed by atoms with Gasteiger partial charge < -0.3 is 15.5 Å². The quantitative estimate of drug-likeness (QED) is 0.710. The second-order valence-electron chi connectivity index (χ2n) is 6.00. The summed E-state index contributed by atoms with van der Waals surface area (Å²) in [6, 6.07) is -0.313. The van der Waals surface area contributed by atoms with Crippen LogP contribution < -0.4 is 5.73 Å². The number of carbonyl (C=O) groups excluding carboxylic acids is 3. The highest BCUT2D eigenvalue weighted by Gasteiger charge is 2.34. The van der Waals surface area contributed by atoms with E-state index < -0.39 is 0 Å². The van der Waals surface area contributed by atoms with Crippen molar-refractivity contribution < 1.29 is 14.4 Å². The van der Waals surface area contributed by atoms with Crippen molar-refractivity contribution in [2.24, 2.45) is 5.73 Å². The minimum Gasteiger partial charge on any atom is -0.370 e. The minimum absolute atomic E-state index is 0.0623. The Hall–Kier alpha value is -1.63. The number of rotatable bonds is 6. The third-order valence-electron chi connectivity index (χ3n) is 4.52. The summed E-state index contributed by atoms with van der Waals surface area (Å²) in [6.45, 7) is 6.11. The zero-order valence-electron chi connectivity index (χ0n) is 13.3. The number of carbonyl (C=O) groups is 3. The van der Waals surface area contributed by atoms with Crippen LogP contribution in [0.15, 0.2) is 0 Å². The summed E-state index contributed by atoms with van der Waals surface area (Å²) < 4.78 is 0. The molecule has 2 saturated heterocycles. The summed E-state index contributed by atoms with van der Waals surface area (Å²) in [7, 11) is 0. The predicted octanol–water partition coefficient (Wildman–Crippen LogP) is -0.593. The molecule has 2 aliphatic rings. The smallest absolute Gasteiger partial charge is 0.245 e. The average Bonchev–Trinajstić information content (AvgIpc) is 2.92. The number of nitrogens with two attached hydrogens (primary N) is 1. The number of piperazine rings is 1. The SMILES string of the molecule is CCC(C(=O)N1CCN(CCC(N)=O)CC1)N1CCCC1=O. The summed E-state index contributed by atoms with van der Waals surface area (Å²) in [4.78, 5) is 41.1. The van der Waals surface area contributed by atoms with Crippen LogP contribution in [0.5, 0.6) is 0 Å². The van der Waals surface area contributed by atoms with Gasteiger partial charge in [0.15, 0.2) is 0 Å². The zero-order valence-corrected chi connectivity index (χ0v) is 13.3. The van der Waals surface area contributed by atoms with Crippen LogP contribution in [0.3, 0.4) is 0 Å². The van der Waals surface area contributed by atoms with Crippen molar-refractivity contribution in [2.75, 3.05) is 39.3 Å². The highest BCUT2D eigenvalue weighted by molar-refractivity contribution is 5.88. The molecule has 2 fully saturated rings. The van der Waals surface area contributed by atoms with Gasteiger partial charge in [0.2, 0.25) is 17.7 Å². The van der Waals surface area contributed by atoms with Crippen molar-refractivity contribution in [1.82, 2.24) is 14.7 Å². The second kappa shape index (κ2) is 7.58. The lowest BCUT2D eigenvalue weighted by Gasteiger charge is -2.38. The first-order chi connectivity index (χ1) is 10.5. The Bertz CT molecular complexity index is 433. The van der Waals surface area contributed by atoms with E-state index in [0.29, 0.717) is 45.4 Å². The van der Waals surface area contributed by atoms with Crippen LogP contribution in [-0.4, -0.2) is 77.7 Å². The summed E-state index contributed by atoms with van der Waals surface area (Å²) in [6.07, 6.45) is 2.43. The largest absolute Gasteiger partial charge is 0.370 e. The van der Waals surface area contributed by atoms with Gasteiger partial charge in [0.25, 0.3) is 0 Å². The van der Waals surface area contributed by atoms with Gasteiger partial charge in [-0.05, 0) is 12.8 Å². The first-order valence-electron chi connectivity index (χ1n) is 8.11. The molecule has 22 heavy (non-hydrogen) atoms. The van der Waals surface area contributed by atoms with Gasteiger partial charge in [0, 0.05) is 52.1 Å². The van der Waals surface area contributed by atoms with Crippen molar-refractivity contribution in [3.63, 3.8) is 0 Å². The third kappa shape index (κ3) is 3.97. The number of likely N-dealkylation sites (tertiary alicyclic amines) is 1. The van der Waals surface area contributed by atoms with Crippen molar-refractivity contribution >= 4 is 17.7 Å². The van der Waals surface area contributed by atoms with Crippen molar-refractivity contribution in [2.45, 2.75) is 38.6 Å². The maximum Gasteiger partial charge on any atom is 0.245 e. The van der Waals surface area contributed by atoms with E-state index in [1.165, 1.54) is 0 Å². The van der Waals surface area contributed by atoms with E-state index in [9.17, 15) is 14.4 Å². The van der Waals surface area contributed by atoms with Gasteiger partial charge in [0.1, 0.15) is 6.04 Å². The Balaban J connectivity index is 1.85. The molecule has 3 amide bonds. The Kier molecular flexibility index (Phi) is 5.76. The van der Waals surface area contributed by atoms with Crippen molar-refractivity contribution in [3.8, 4) is 0 Å². The van der Waals surface area contributed by atoms with Crippen LogP contribution in [0.2, 0.25) is 0 Å². The Morgan fingerprint density at radius 2 is 1.86 bits per heavy atom. The van der Waals surface area contributed by atoms with Crippen LogP contribution in [0.25, 0.3) is 0 Å². The molecule has 2 aliphatic heterocycles. The first kappa shape index (κ1) is 16.7. The van der Waals surface area contributed by atoms with E-state index >= 15 is 0 Å². The summed E-state index contributed by atoms with van der Waals surface area (Å²) in [5.41, 5.74) is 5.16. The molecule has 1 atom stereocenters. The molecule has 1 unspecified atom stereocenters. The Morgan fingerprint density at radius 1 is 1.18 bits per heavy atom. The van der Waals surface area contributed by atoms with Gasteiger partial charge in [0.05, 0.1) is 0 Å².